The Balaban J connectivity index is 2.26. The van der Waals surface area contributed by atoms with Crippen LogP contribution < -0.4 is 5.32 Å². The van der Waals surface area contributed by atoms with Crippen molar-refractivity contribution in [3.05, 3.63) is 52.7 Å². The van der Waals surface area contributed by atoms with Gasteiger partial charge in [0.25, 0.3) is 5.91 Å². The molecule has 0 saturated heterocycles. The van der Waals surface area contributed by atoms with Gasteiger partial charge in [0.2, 0.25) is 0 Å². The lowest BCUT2D eigenvalue weighted by Gasteiger charge is -2.06. The highest BCUT2D eigenvalue weighted by molar-refractivity contribution is 6.05. The van der Waals surface area contributed by atoms with Crippen LogP contribution in [-0.4, -0.2) is 5.91 Å². The predicted octanol–water partition coefficient (Wildman–Crippen LogP) is 3.60. The molecule has 1 aromatic heterocycles. The molecule has 0 unspecified atom stereocenters. The molecule has 3 nitrogen and oxygen atoms in total. The van der Waals surface area contributed by atoms with Gasteiger partial charge in [-0.15, -0.1) is 0 Å². The number of furan rings is 1. The largest absolute Gasteiger partial charge is 0.466 e. The topological polar surface area (TPSA) is 42.2 Å². The molecule has 1 N–H and O–H groups in total. The maximum absolute atomic E-state index is 13.5. The Morgan fingerprint density at radius 1 is 1.22 bits per heavy atom. The second-order valence-corrected chi connectivity index (χ2v) is 4.26. The van der Waals surface area contributed by atoms with Gasteiger partial charge in [-0.05, 0) is 44.5 Å². The van der Waals surface area contributed by atoms with Gasteiger partial charge in [-0.25, -0.2) is 4.39 Å². The first-order chi connectivity index (χ1) is 8.47. The number of anilines is 1. The Hall–Kier alpha value is -2.10. The normalized spacial score (nSPS) is 10.4. The smallest absolute Gasteiger partial charge is 0.259 e. The van der Waals surface area contributed by atoms with Crippen LogP contribution in [0.3, 0.4) is 0 Å². The van der Waals surface area contributed by atoms with Crippen molar-refractivity contribution < 1.29 is 13.6 Å². The van der Waals surface area contributed by atoms with Crippen molar-refractivity contribution in [1.82, 2.24) is 0 Å². The molecular formula is C14H14FNO2. The second-order valence-electron chi connectivity index (χ2n) is 4.26. The van der Waals surface area contributed by atoms with Crippen molar-refractivity contribution >= 4 is 11.6 Å². The minimum absolute atomic E-state index is 0.179. The molecule has 0 radical (unpaired) electrons. The summed E-state index contributed by atoms with van der Waals surface area (Å²) in [6, 6.07) is 6.21. The third-order valence-electron chi connectivity index (χ3n) is 2.66. The van der Waals surface area contributed by atoms with Crippen LogP contribution in [0.25, 0.3) is 0 Å². The predicted molar refractivity (Wildman–Crippen MR) is 67.3 cm³/mol. The van der Waals surface area contributed by atoms with Crippen molar-refractivity contribution in [3.8, 4) is 0 Å². The van der Waals surface area contributed by atoms with Gasteiger partial charge in [-0.2, -0.15) is 0 Å². The Morgan fingerprint density at radius 2 is 1.94 bits per heavy atom. The summed E-state index contributed by atoms with van der Waals surface area (Å²) in [5.74, 6) is 0.362. The van der Waals surface area contributed by atoms with E-state index in [-0.39, 0.29) is 11.6 Å². The average molecular weight is 247 g/mol. The van der Waals surface area contributed by atoms with Crippen LogP contribution in [0.1, 0.15) is 27.4 Å². The zero-order chi connectivity index (χ0) is 13.3. The number of hydrogen-bond acceptors (Lipinski definition) is 2. The van der Waals surface area contributed by atoms with Crippen LogP contribution >= 0.6 is 0 Å². The Bertz CT molecular complexity index is 602. The summed E-state index contributed by atoms with van der Waals surface area (Å²) >= 11 is 0. The zero-order valence-corrected chi connectivity index (χ0v) is 10.5. The summed E-state index contributed by atoms with van der Waals surface area (Å²) in [6.45, 7) is 5.30. The van der Waals surface area contributed by atoms with Crippen LogP contribution in [0.4, 0.5) is 10.1 Å². The van der Waals surface area contributed by atoms with E-state index < -0.39 is 5.82 Å². The number of nitrogens with one attached hydrogen (secondary N) is 1. The van der Waals surface area contributed by atoms with Crippen LogP contribution in [0, 0.1) is 26.6 Å². The highest BCUT2D eigenvalue weighted by atomic mass is 19.1. The quantitative estimate of drug-likeness (QED) is 0.881. The molecule has 2 rings (SSSR count). The number of benzene rings is 1. The van der Waals surface area contributed by atoms with Gasteiger partial charge < -0.3 is 9.73 Å². The van der Waals surface area contributed by atoms with Crippen molar-refractivity contribution in [2.45, 2.75) is 20.8 Å². The van der Waals surface area contributed by atoms with Gasteiger partial charge in [-0.1, -0.05) is 6.07 Å². The van der Waals surface area contributed by atoms with E-state index in [9.17, 15) is 9.18 Å². The third-order valence-corrected chi connectivity index (χ3v) is 2.66. The van der Waals surface area contributed by atoms with Crippen LogP contribution in [0.5, 0.6) is 0 Å². The molecule has 18 heavy (non-hydrogen) atoms. The number of rotatable bonds is 2. The van der Waals surface area contributed by atoms with E-state index in [1.54, 1.807) is 32.0 Å². The lowest BCUT2D eigenvalue weighted by molar-refractivity contribution is 0.102. The van der Waals surface area contributed by atoms with E-state index in [4.69, 9.17) is 4.42 Å². The summed E-state index contributed by atoms with van der Waals surface area (Å²) in [5.41, 5.74) is 1.48. The fraction of sp³-hybridized carbons (Fsp3) is 0.214. The fourth-order valence-corrected chi connectivity index (χ4v) is 1.78. The summed E-state index contributed by atoms with van der Waals surface area (Å²) < 4.78 is 18.8. The second kappa shape index (κ2) is 4.64. The number of carbonyl (C=O) groups excluding carboxylic acids is 1. The highest BCUT2D eigenvalue weighted by Crippen LogP contribution is 2.19. The van der Waals surface area contributed by atoms with E-state index in [1.165, 1.54) is 6.07 Å². The van der Waals surface area contributed by atoms with Crippen molar-refractivity contribution in [3.63, 3.8) is 0 Å². The summed E-state index contributed by atoms with van der Waals surface area (Å²) in [4.78, 5) is 12.0. The third kappa shape index (κ3) is 2.42. The first-order valence-corrected chi connectivity index (χ1v) is 5.62. The molecule has 0 aliphatic rings. The maximum atomic E-state index is 13.5. The molecule has 4 heteroatoms. The van der Waals surface area contributed by atoms with Crippen LogP contribution in [0.15, 0.2) is 28.7 Å². The Morgan fingerprint density at radius 3 is 2.56 bits per heavy atom. The van der Waals surface area contributed by atoms with Gasteiger partial charge in [0.05, 0.1) is 11.3 Å². The van der Waals surface area contributed by atoms with Gasteiger partial charge in [-0.3, -0.25) is 4.79 Å². The maximum Gasteiger partial charge on any atom is 0.259 e. The lowest BCUT2D eigenvalue weighted by atomic mass is 10.2. The van der Waals surface area contributed by atoms with E-state index in [1.807, 2.05) is 6.92 Å². The van der Waals surface area contributed by atoms with Gasteiger partial charge in [0, 0.05) is 0 Å². The molecule has 0 atom stereocenters. The molecule has 0 aliphatic heterocycles. The van der Waals surface area contributed by atoms with Crippen molar-refractivity contribution in [2.24, 2.45) is 0 Å². The number of carbonyl (C=O) groups is 1. The molecule has 0 saturated carbocycles. The van der Waals surface area contributed by atoms with Gasteiger partial charge in [0.15, 0.2) is 0 Å². The van der Waals surface area contributed by atoms with Crippen molar-refractivity contribution in [2.75, 3.05) is 5.32 Å². The van der Waals surface area contributed by atoms with E-state index in [0.29, 0.717) is 17.1 Å². The van der Waals surface area contributed by atoms with Crippen LogP contribution in [0.2, 0.25) is 0 Å². The highest BCUT2D eigenvalue weighted by Gasteiger charge is 2.15. The number of hydrogen-bond donors (Lipinski definition) is 1. The van der Waals surface area contributed by atoms with Crippen LogP contribution in [-0.2, 0) is 0 Å². The van der Waals surface area contributed by atoms with E-state index >= 15 is 0 Å². The molecule has 94 valence electrons. The molecule has 1 aromatic carbocycles. The monoisotopic (exact) mass is 247 g/mol. The number of halogens is 1. The molecule has 1 heterocycles. The molecule has 2 aromatic rings. The van der Waals surface area contributed by atoms with Gasteiger partial charge in [0.1, 0.15) is 17.3 Å². The first kappa shape index (κ1) is 12.4. The summed E-state index contributed by atoms with van der Waals surface area (Å²) in [5, 5.41) is 2.55. The van der Waals surface area contributed by atoms with E-state index in [2.05, 4.69) is 5.32 Å². The van der Waals surface area contributed by atoms with Crippen molar-refractivity contribution in [1.29, 1.82) is 0 Å². The number of amides is 1. The first-order valence-electron chi connectivity index (χ1n) is 5.62. The molecule has 0 bridgehead atoms. The van der Waals surface area contributed by atoms with Gasteiger partial charge >= 0.3 is 0 Å². The summed E-state index contributed by atoms with van der Waals surface area (Å²) in [6.07, 6.45) is 0. The average Bonchev–Trinajstić information content (AvgIpc) is 2.63. The zero-order valence-electron chi connectivity index (χ0n) is 10.5. The van der Waals surface area contributed by atoms with E-state index in [0.717, 1.165) is 5.56 Å². The number of aryl methyl sites for hydroxylation is 3. The molecule has 0 spiro atoms. The Labute approximate surface area is 105 Å². The molecule has 1 amide bonds. The fourth-order valence-electron chi connectivity index (χ4n) is 1.78. The lowest BCUT2D eigenvalue weighted by Crippen LogP contribution is -2.13. The molecular weight excluding hydrogens is 233 g/mol. The summed E-state index contributed by atoms with van der Waals surface area (Å²) in [7, 11) is 0. The molecule has 0 fully saturated rings. The minimum Gasteiger partial charge on any atom is -0.466 e. The standard InChI is InChI=1S/C14H14FNO2/c1-8-4-5-12(15)13(6-8)16-14(17)11-7-9(2)18-10(11)3/h4-7H,1-3H3,(H,16,17). The SMILES string of the molecule is Cc1ccc(F)c(NC(=O)c2cc(C)oc2C)c1. The minimum atomic E-state index is -0.452. The Kier molecular flexibility index (Phi) is 3.19. The molecule has 0 aliphatic carbocycles.